The van der Waals surface area contributed by atoms with Gasteiger partial charge in [-0.1, -0.05) is 18.2 Å². The van der Waals surface area contributed by atoms with Crippen molar-refractivity contribution in [3.63, 3.8) is 0 Å². The van der Waals surface area contributed by atoms with E-state index in [-0.39, 0.29) is 35.6 Å². The number of halogens is 1. The number of hydrogen-bond acceptors (Lipinski definition) is 4. The van der Waals surface area contributed by atoms with E-state index in [0.717, 1.165) is 44.0 Å². The van der Waals surface area contributed by atoms with Crippen LogP contribution < -0.4 is 15.8 Å². The number of fused-ring (bicyclic) bond motifs is 1. The van der Waals surface area contributed by atoms with Crippen molar-refractivity contribution in [1.82, 2.24) is 10.2 Å². The van der Waals surface area contributed by atoms with Crippen molar-refractivity contribution in [2.45, 2.75) is 31.8 Å². The topological polar surface area (TPSA) is 72.1 Å². The molecule has 0 aromatic heterocycles. The summed E-state index contributed by atoms with van der Waals surface area (Å²) in [6, 6.07) is 8.25. The summed E-state index contributed by atoms with van der Waals surface area (Å²) >= 11 is 0. The first kappa shape index (κ1) is 20.3. The fraction of sp³-hybridized carbons (Fsp3) is 0.611. The van der Waals surface area contributed by atoms with Crippen LogP contribution in [0.15, 0.2) is 29.3 Å². The fourth-order valence-electron chi connectivity index (χ4n) is 3.26. The van der Waals surface area contributed by atoms with Crippen molar-refractivity contribution in [2.24, 2.45) is 10.7 Å². The maximum absolute atomic E-state index is 6.15. The molecule has 1 fully saturated rings. The number of hydrogen-bond donors (Lipinski definition) is 2. The van der Waals surface area contributed by atoms with Gasteiger partial charge in [0.2, 0.25) is 0 Å². The van der Waals surface area contributed by atoms with E-state index in [0.29, 0.717) is 19.1 Å². The van der Waals surface area contributed by atoms with Crippen molar-refractivity contribution in [3.8, 4) is 5.75 Å². The van der Waals surface area contributed by atoms with Gasteiger partial charge in [-0.2, -0.15) is 0 Å². The number of nitrogens with one attached hydrogen (secondary N) is 1. The zero-order valence-electron chi connectivity index (χ0n) is 15.0. The summed E-state index contributed by atoms with van der Waals surface area (Å²) < 4.78 is 11.1. The molecule has 1 aromatic carbocycles. The zero-order valence-corrected chi connectivity index (χ0v) is 17.4. The number of rotatable bonds is 4. The van der Waals surface area contributed by atoms with Gasteiger partial charge in [0.25, 0.3) is 0 Å². The van der Waals surface area contributed by atoms with Gasteiger partial charge in [0.05, 0.1) is 32.4 Å². The Labute approximate surface area is 167 Å². The standard InChI is InChI=1S/C18H28N4O2.HI/c1-18(2,22-8-11-23-12-9-22)13-20-17(19)21-15-7-10-24-16-6-4-3-5-14(15)16;/h3-6,15H,7-13H2,1-2H3,(H3,19,20,21);1H. The van der Waals surface area contributed by atoms with E-state index in [2.05, 4.69) is 35.1 Å². The van der Waals surface area contributed by atoms with Crippen LogP contribution in [-0.4, -0.2) is 55.9 Å². The van der Waals surface area contributed by atoms with Crippen molar-refractivity contribution in [2.75, 3.05) is 39.5 Å². The van der Waals surface area contributed by atoms with Crippen LogP contribution in [0.2, 0.25) is 0 Å². The fourth-order valence-corrected chi connectivity index (χ4v) is 3.26. The molecule has 2 aliphatic rings. The Morgan fingerprint density at radius 2 is 2.00 bits per heavy atom. The maximum Gasteiger partial charge on any atom is 0.189 e. The molecule has 1 atom stereocenters. The first-order valence-electron chi connectivity index (χ1n) is 8.67. The van der Waals surface area contributed by atoms with Crippen LogP contribution in [0.1, 0.15) is 31.9 Å². The molecule has 0 aliphatic carbocycles. The van der Waals surface area contributed by atoms with Gasteiger partial charge < -0.3 is 20.5 Å². The van der Waals surface area contributed by atoms with E-state index in [9.17, 15) is 0 Å². The normalized spacial score (nSPS) is 21.7. The SMILES string of the molecule is CC(C)(CN=C(N)NC1CCOc2ccccc21)N1CCOCC1.I. The molecular formula is C18H29IN4O2. The largest absolute Gasteiger partial charge is 0.493 e. The molecule has 0 amide bonds. The summed E-state index contributed by atoms with van der Waals surface area (Å²) in [6.45, 7) is 9.25. The molecular weight excluding hydrogens is 431 g/mol. The Morgan fingerprint density at radius 1 is 1.28 bits per heavy atom. The smallest absolute Gasteiger partial charge is 0.189 e. The Bertz CT molecular complexity index is 588. The van der Waals surface area contributed by atoms with Gasteiger partial charge in [0, 0.05) is 30.6 Å². The lowest BCUT2D eigenvalue weighted by Crippen LogP contribution is -2.52. The minimum Gasteiger partial charge on any atom is -0.493 e. The lowest BCUT2D eigenvalue weighted by molar-refractivity contribution is -0.00683. The van der Waals surface area contributed by atoms with Gasteiger partial charge in [-0.3, -0.25) is 9.89 Å². The van der Waals surface area contributed by atoms with Gasteiger partial charge in [-0.05, 0) is 19.9 Å². The summed E-state index contributed by atoms with van der Waals surface area (Å²) in [5.74, 6) is 1.43. The lowest BCUT2D eigenvalue weighted by atomic mass is 10.0. The van der Waals surface area contributed by atoms with Crippen LogP contribution in [0.3, 0.4) is 0 Å². The highest BCUT2D eigenvalue weighted by Crippen LogP contribution is 2.31. The van der Waals surface area contributed by atoms with Crippen LogP contribution >= 0.6 is 24.0 Å². The molecule has 140 valence electrons. The molecule has 1 saturated heterocycles. The van der Waals surface area contributed by atoms with E-state index >= 15 is 0 Å². The number of nitrogens with two attached hydrogens (primary N) is 1. The number of benzene rings is 1. The predicted molar refractivity (Wildman–Crippen MR) is 111 cm³/mol. The summed E-state index contributed by atoms with van der Waals surface area (Å²) in [5, 5.41) is 3.36. The average Bonchev–Trinajstić information content (AvgIpc) is 2.61. The van der Waals surface area contributed by atoms with Gasteiger partial charge >= 0.3 is 0 Å². The highest BCUT2D eigenvalue weighted by molar-refractivity contribution is 14.0. The number of nitrogens with zero attached hydrogens (tertiary/aromatic N) is 2. The second-order valence-electron chi connectivity index (χ2n) is 6.99. The lowest BCUT2D eigenvalue weighted by Gasteiger charge is -2.39. The predicted octanol–water partition coefficient (Wildman–Crippen LogP) is 2.14. The zero-order chi connectivity index (χ0) is 17.0. The number of para-hydroxylation sites is 1. The van der Waals surface area contributed by atoms with Crippen molar-refractivity contribution < 1.29 is 9.47 Å². The van der Waals surface area contributed by atoms with Crippen molar-refractivity contribution >= 4 is 29.9 Å². The van der Waals surface area contributed by atoms with Gasteiger partial charge in [-0.25, -0.2) is 0 Å². The molecule has 3 N–H and O–H groups in total. The molecule has 25 heavy (non-hydrogen) atoms. The summed E-state index contributed by atoms with van der Waals surface area (Å²) in [7, 11) is 0. The molecule has 7 heteroatoms. The average molecular weight is 460 g/mol. The third-order valence-electron chi connectivity index (χ3n) is 4.78. The maximum atomic E-state index is 6.15. The molecule has 0 radical (unpaired) electrons. The van der Waals surface area contributed by atoms with Gasteiger partial charge in [-0.15, -0.1) is 24.0 Å². The first-order valence-corrected chi connectivity index (χ1v) is 8.67. The van der Waals surface area contributed by atoms with Crippen LogP contribution in [0, 0.1) is 0 Å². The quantitative estimate of drug-likeness (QED) is 0.410. The summed E-state index contributed by atoms with van der Waals surface area (Å²) in [4.78, 5) is 7.01. The first-order chi connectivity index (χ1) is 11.6. The van der Waals surface area contributed by atoms with Gasteiger partial charge in [0.1, 0.15) is 5.75 Å². The van der Waals surface area contributed by atoms with Crippen molar-refractivity contribution in [1.29, 1.82) is 0 Å². The van der Waals surface area contributed by atoms with Crippen LogP contribution in [0.4, 0.5) is 0 Å². The van der Waals surface area contributed by atoms with E-state index in [1.54, 1.807) is 0 Å². The van der Waals surface area contributed by atoms with E-state index in [1.165, 1.54) is 0 Å². The highest BCUT2D eigenvalue weighted by atomic mass is 127. The minimum atomic E-state index is -0.0241. The Morgan fingerprint density at radius 3 is 2.76 bits per heavy atom. The second-order valence-corrected chi connectivity index (χ2v) is 6.99. The van der Waals surface area contributed by atoms with Crippen LogP contribution in [0.5, 0.6) is 5.75 Å². The monoisotopic (exact) mass is 460 g/mol. The molecule has 0 saturated carbocycles. The third kappa shape index (κ3) is 5.21. The number of morpholine rings is 1. The number of aliphatic imine (C=N–C) groups is 1. The van der Waals surface area contributed by atoms with Crippen LogP contribution in [-0.2, 0) is 4.74 Å². The Hall–Kier alpha value is -1.06. The van der Waals surface area contributed by atoms with E-state index in [4.69, 9.17) is 15.2 Å². The molecule has 2 aliphatic heterocycles. The molecule has 3 rings (SSSR count). The Kier molecular flexibility index (Phi) is 7.33. The van der Waals surface area contributed by atoms with E-state index < -0.39 is 0 Å². The van der Waals surface area contributed by atoms with Gasteiger partial charge in [0.15, 0.2) is 5.96 Å². The minimum absolute atomic E-state index is 0. The highest BCUT2D eigenvalue weighted by Gasteiger charge is 2.28. The summed E-state index contributed by atoms with van der Waals surface area (Å²) in [6.07, 6.45) is 0.889. The molecule has 6 nitrogen and oxygen atoms in total. The molecule has 1 aromatic rings. The van der Waals surface area contributed by atoms with E-state index in [1.807, 2.05) is 18.2 Å². The summed E-state index contributed by atoms with van der Waals surface area (Å²) in [5.41, 5.74) is 7.28. The molecule has 1 unspecified atom stereocenters. The second kappa shape index (κ2) is 9.05. The molecule has 0 spiro atoms. The van der Waals surface area contributed by atoms with Crippen molar-refractivity contribution in [3.05, 3.63) is 29.8 Å². The van der Waals surface area contributed by atoms with Crippen LogP contribution in [0.25, 0.3) is 0 Å². The Balaban J connectivity index is 0.00000225. The number of guanidine groups is 1. The number of ether oxygens (including phenoxy) is 2. The molecule has 0 bridgehead atoms. The third-order valence-corrected chi connectivity index (χ3v) is 4.78. The molecule has 2 heterocycles.